The largest absolute Gasteiger partial charge is 0.481 e. The SMILES string of the molecule is COc1cc(N(CCC#N)C2CC2)ccn1. The van der Waals surface area contributed by atoms with E-state index >= 15 is 0 Å². The van der Waals surface area contributed by atoms with E-state index in [0.29, 0.717) is 18.3 Å². The third kappa shape index (κ3) is 2.43. The molecule has 0 atom stereocenters. The fourth-order valence-electron chi connectivity index (χ4n) is 1.77. The second-order valence-corrected chi connectivity index (χ2v) is 3.89. The summed E-state index contributed by atoms with van der Waals surface area (Å²) in [5, 5.41) is 8.65. The van der Waals surface area contributed by atoms with E-state index < -0.39 is 0 Å². The molecular weight excluding hydrogens is 202 g/mol. The van der Waals surface area contributed by atoms with Crippen LogP contribution in [0.2, 0.25) is 0 Å². The zero-order valence-corrected chi connectivity index (χ0v) is 9.39. The quantitative estimate of drug-likeness (QED) is 0.756. The van der Waals surface area contributed by atoms with Crippen molar-refractivity contribution < 1.29 is 4.74 Å². The lowest BCUT2D eigenvalue weighted by atomic mass is 10.3. The second-order valence-electron chi connectivity index (χ2n) is 3.89. The van der Waals surface area contributed by atoms with Crippen LogP contribution in [0.4, 0.5) is 5.69 Å². The van der Waals surface area contributed by atoms with Gasteiger partial charge in [-0.05, 0) is 18.9 Å². The lowest BCUT2D eigenvalue weighted by molar-refractivity contribution is 0.398. The van der Waals surface area contributed by atoms with Crippen LogP contribution in [0.3, 0.4) is 0 Å². The minimum atomic E-state index is 0.557. The number of nitrogens with zero attached hydrogens (tertiary/aromatic N) is 3. The summed E-state index contributed by atoms with van der Waals surface area (Å²) in [6, 6.07) is 6.69. The molecule has 0 unspecified atom stereocenters. The van der Waals surface area contributed by atoms with Crippen LogP contribution in [0.1, 0.15) is 19.3 Å². The van der Waals surface area contributed by atoms with Crippen molar-refractivity contribution in [3.05, 3.63) is 18.3 Å². The lowest BCUT2D eigenvalue weighted by Gasteiger charge is -2.23. The van der Waals surface area contributed by atoms with Gasteiger partial charge in [0.1, 0.15) is 0 Å². The maximum absolute atomic E-state index is 8.65. The molecule has 1 aliphatic carbocycles. The summed E-state index contributed by atoms with van der Waals surface area (Å²) in [7, 11) is 1.61. The molecule has 0 amide bonds. The number of anilines is 1. The van der Waals surface area contributed by atoms with Gasteiger partial charge in [0.15, 0.2) is 0 Å². The van der Waals surface area contributed by atoms with Crippen LogP contribution in [-0.4, -0.2) is 24.7 Å². The first-order chi connectivity index (χ1) is 7.85. The molecule has 1 fully saturated rings. The van der Waals surface area contributed by atoms with E-state index in [1.165, 1.54) is 12.8 Å². The summed E-state index contributed by atoms with van der Waals surface area (Å²) in [6.07, 6.45) is 4.74. The first-order valence-electron chi connectivity index (χ1n) is 5.49. The van der Waals surface area contributed by atoms with Crippen LogP contribution in [0.15, 0.2) is 18.3 Å². The fourth-order valence-corrected chi connectivity index (χ4v) is 1.77. The van der Waals surface area contributed by atoms with Crippen molar-refractivity contribution in [3.8, 4) is 11.9 Å². The van der Waals surface area contributed by atoms with Gasteiger partial charge in [-0.25, -0.2) is 4.98 Å². The second kappa shape index (κ2) is 4.84. The Morgan fingerprint density at radius 3 is 3.06 bits per heavy atom. The van der Waals surface area contributed by atoms with Gasteiger partial charge in [0, 0.05) is 30.5 Å². The fraction of sp³-hybridized carbons (Fsp3) is 0.500. The topological polar surface area (TPSA) is 49.1 Å². The number of methoxy groups -OCH3 is 1. The first-order valence-corrected chi connectivity index (χ1v) is 5.49. The molecule has 0 bridgehead atoms. The van der Waals surface area contributed by atoms with Gasteiger partial charge in [0.2, 0.25) is 5.88 Å². The molecular formula is C12H15N3O. The number of nitriles is 1. The maximum Gasteiger partial charge on any atom is 0.214 e. The van der Waals surface area contributed by atoms with Gasteiger partial charge in [0.05, 0.1) is 19.6 Å². The van der Waals surface area contributed by atoms with Gasteiger partial charge >= 0.3 is 0 Å². The molecule has 1 saturated carbocycles. The van der Waals surface area contributed by atoms with Crippen LogP contribution < -0.4 is 9.64 Å². The Kier molecular flexibility index (Phi) is 3.25. The predicted molar refractivity (Wildman–Crippen MR) is 61.4 cm³/mol. The van der Waals surface area contributed by atoms with Crippen molar-refractivity contribution in [3.63, 3.8) is 0 Å². The van der Waals surface area contributed by atoms with E-state index in [1.807, 2.05) is 12.1 Å². The molecule has 1 heterocycles. The summed E-state index contributed by atoms with van der Waals surface area (Å²) in [4.78, 5) is 6.36. The average molecular weight is 217 g/mol. The molecule has 2 rings (SSSR count). The number of pyridine rings is 1. The van der Waals surface area contributed by atoms with Crippen molar-refractivity contribution in [2.75, 3.05) is 18.6 Å². The molecule has 1 aromatic rings. The van der Waals surface area contributed by atoms with Crippen molar-refractivity contribution >= 4 is 5.69 Å². The van der Waals surface area contributed by atoms with Gasteiger partial charge in [-0.1, -0.05) is 0 Å². The zero-order chi connectivity index (χ0) is 11.4. The predicted octanol–water partition coefficient (Wildman–Crippen LogP) is 1.97. The van der Waals surface area contributed by atoms with E-state index in [1.54, 1.807) is 13.3 Å². The van der Waals surface area contributed by atoms with E-state index in [4.69, 9.17) is 10.00 Å². The van der Waals surface area contributed by atoms with E-state index in [-0.39, 0.29) is 0 Å². The summed E-state index contributed by atoms with van der Waals surface area (Å²) in [5.41, 5.74) is 1.10. The van der Waals surface area contributed by atoms with Crippen LogP contribution in [0.5, 0.6) is 5.88 Å². The van der Waals surface area contributed by atoms with Crippen molar-refractivity contribution in [1.29, 1.82) is 5.26 Å². The van der Waals surface area contributed by atoms with Crippen LogP contribution in [0.25, 0.3) is 0 Å². The number of aromatic nitrogens is 1. The number of hydrogen-bond acceptors (Lipinski definition) is 4. The Hall–Kier alpha value is -1.76. The Morgan fingerprint density at radius 2 is 2.44 bits per heavy atom. The Morgan fingerprint density at radius 1 is 1.62 bits per heavy atom. The molecule has 84 valence electrons. The van der Waals surface area contributed by atoms with E-state index in [0.717, 1.165) is 12.2 Å². The van der Waals surface area contributed by atoms with Gasteiger partial charge in [0.25, 0.3) is 0 Å². The molecule has 4 nitrogen and oxygen atoms in total. The monoisotopic (exact) mass is 217 g/mol. The molecule has 0 aliphatic heterocycles. The molecule has 4 heteroatoms. The number of hydrogen-bond donors (Lipinski definition) is 0. The van der Waals surface area contributed by atoms with Crippen molar-refractivity contribution in [2.24, 2.45) is 0 Å². The minimum absolute atomic E-state index is 0.557. The highest BCUT2D eigenvalue weighted by Gasteiger charge is 2.29. The van der Waals surface area contributed by atoms with Crippen molar-refractivity contribution in [1.82, 2.24) is 4.98 Å². The smallest absolute Gasteiger partial charge is 0.214 e. The average Bonchev–Trinajstić information content (AvgIpc) is 3.14. The minimum Gasteiger partial charge on any atom is -0.481 e. The Bertz CT molecular complexity index is 395. The Labute approximate surface area is 95.5 Å². The van der Waals surface area contributed by atoms with Crippen LogP contribution in [0, 0.1) is 11.3 Å². The summed E-state index contributed by atoms with van der Waals surface area (Å²) >= 11 is 0. The molecule has 0 aromatic carbocycles. The highest BCUT2D eigenvalue weighted by molar-refractivity contribution is 5.50. The molecule has 0 spiro atoms. The summed E-state index contributed by atoms with van der Waals surface area (Å²) in [6.45, 7) is 0.786. The van der Waals surface area contributed by atoms with Crippen molar-refractivity contribution in [2.45, 2.75) is 25.3 Å². The summed E-state index contributed by atoms with van der Waals surface area (Å²) < 4.78 is 5.11. The highest BCUT2D eigenvalue weighted by atomic mass is 16.5. The van der Waals surface area contributed by atoms with E-state index in [9.17, 15) is 0 Å². The molecule has 0 N–H and O–H groups in total. The molecule has 16 heavy (non-hydrogen) atoms. The molecule has 0 saturated heterocycles. The normalized spacial score (nSPS) is 14.2. The third-order valence-corrected chi connectivity index (χ3v) is 2.71. The van der Waals surface area contributed by atoms with Gasteiger partial charge in [-0.15, -0.1) is 0 Å². The van der Waals surface area contributed by atoms with Crippen LogP contribution >= 0.6 is 0 Å². The molecule has 1 aliphatic rings. The first kappa shape index (κ1) is 10.7. The van der Waals surface area contributed by atoms with Gasteiger partial charge in [-0.3, -0.25) is 0 Å². The zero-order valence-electron chi connectivity index (χ0n) is 9.39. The molecule has 0 radical (unpaired) electrons. The lowest BCUT2D eigenvalue weighted by Crippen LogP contribution is -2.26. The molecule has 1 aromatic heterocycles. The van der Waals surface area contributed by atoms with Gasteiger partial charge < -0.3 is 9.64 Å². The van der Waals surface area contributed by atoms with E-state index in [2.05, 4.69) is 16.0 Å². The standard InChI is InChI=1S/C12H15N3O/c1-16-12-9-11(5-7-14-12)15(8-2-6-13)10-3-4-10/h5,7,9-10H,2-4,8H2,1H3. The number of rotatable bonds is 5. The van der Waals surface area contributed by atoms with Gasteiger partial charge in [-0.2, -0.15) is 5.26 Å². The highest BCUT2D eigenvalue weighted by Crippen LogP contribution is 2.32. The maximum atomic E-state index is 8.65. The van der Waals surface area contributed by atoms with Crippen LogP contribution in [-0.2, 0) is 0 Å². The Balaban J connectivity index is 2.14. The summed E-state index contributed by atoms with van der Waals surface area (Å²) in [5.74, 6) is 0.625. The third-order valence-electron chi connectivity index (χ3n) is 2.71. The number of ether oxygens (including phenoxy) is 1.